The van der Waals surface area contributed by atoms with E-state index in [-0.39, 0.29) is 17.6 Å². The molecule has 0 N–H and O–H groups in total. The molecule has 0 radical (unpaired) electrons. The Morgan fingerprint density at radius 2 is 1.95 bits per heavy atom. The van der Waals surface area contributed by atoms with Crippen molar-refractivity contribution in [2.45, 2.75) is 6.54 Å². The summed E-state index contributed by atoms with van der Waals surface area (Å²) in [5, 5.41) is -0.0875. The quantitative estimate of drug-likeness (QED) is 0.813. The van der Waals surface area contributed by atoms with Crippen LogP contribution < -0.4 is 10.3 Å². The lowest BCUT2D eigenvalue weighted by atomic mass is 10.2. The summed E-state index contributed by atoms with van der Waals surface area (Å²) in [4.78, 5) is 14.9. The SMILES string of the molecule is COc1cn(Cc2cc(F)cc(F)c2)c(Cl)nc1=O. The first kappa shape index (κ1) is 13.5. The highest BCUT2D eigenvalue weighted by molar-refractivity contribution is 6.28. The second-order valence-electron chi connectivity index (χ2n) is 3.79. The maximum Gasteiger partial charge on any atom is 0.316 e. The maximum absolute atomic E-state index is 13.1. The Kier molecular flexibility index (Phi) is 3.80. The molecule has 0 unspecified atom stereocenters. The van der Waals surface area contributed by atoms with Gasteiger partial charge in [-0.25, -0.2) is 8.78 Å². The molecule has 0 fully saturated rings. The van der Waals surface area contributed by atoms with Gasteiger partial charge in [0.25, 0.3) is 0 Å². The van der Waals surface area contributed by atoms with E-state index in [4.69, 9.17) is 16.3 Å². The Morgan fingerprint density at radius 3 is 2.53 bits per heavy atom. The predicted molar refractivity (Wildman–Crippen MR) is 65.5 cm³/mol. The molecule has 0 spiro atoms. The van der Waals surface area contributed by atoms with Gasteiger partial charge in [-0.3, -0.25) is 4.79 Å². The van der Waals surface area contributed by atoms with E-state index in [1.165, 1.54) is 30.0 Å². The van der Waals surface area contributed by atoms with Crippen LogP contribution in [0.15, 0.2) is 29.2 Å². The van der Waals surface area contributed by atoms with Gasteiger partial charge in [0.1, 0.15) is 11.6 Å². The number of methoxy groups -OCH3 is 1. The number of nitrogens with zero attached hydrogens (tertiary/aromatic N) is 2. The molecule has 1 aromatic heterocycles. The van der Waals surface area contributed by atoms with Gasteiger partial charge >= 0.3 is 5.56 Å². The van der Waals surface area contributed by atoms with Crippen molar-refractivity contribution in [3.05, 3.63) is 57.2 Å². The minimum Gasteiger partial charge on any atom is -0.490 e. The van der Waals surface area contributed by atoms with Gasteiger partial charge in [0.2, 0.25) is 11.0 Å². The molecule has 0 bridgehead atoms. The van der Waals surface area contributed by atoms with Crippen LogP contribution in [-0.4, -0.2) is 16.7 Å². The summed E-state index contributed by atoms with van der Waals surface area (Å²) in [6.45, 7) is 0.0666. The van der Waals surface area contributed by atoms with Crippen molar-refractivity contribution < 1.29 is 13.5 Å². The third-order valence-electron chi connectivity index (χ3n) is 2.41. The molecular formula is C12H9ClF2N2O2. The van der Waals surface area contributed by atoms with Crippen LogP contribution in [0.3, 0.4) is 0 Å². The summed E-state index contributed by atoms with van der Waals surface area (Å²) in [7, 11) is 1.32. The molecule has 2 aromatic rings. The largest absolute Gasteiger partial charge is 0.490 e. The van der Waals surface area contributed by atoms with Crippen LogP contribution in [0, 0.1) is 11.6 Å². The molecule has 0 aliphatic rings. The smallest absolute Gasteiger partial charge is 0.316 e. The molecule has 0 aliphatic heterocycles. The second kappa shape index (κ2) is 5.36. The molecule has 7 heteroatoms. The Bertz CT molecular complexity index is 653. The van der Waals surface area contributed by atoms with E-state index in [9.17, 15) is 13.6 Å². The molecule has 2 rings (SSSR count). The molecule has 19 heavy (non-hydrogen) atoms. The molecule has 1 aromatic carbocycles. The van der Waals surface area contributed by atoms with Gasteiger partial charge in [0.05, 0.1) is 19.9 Å². The van der Waals surface area contributed by atoms with Gasteiger partial charge < -0.3 is 9.30 Å². The zero-order chi connectivity index (χ0) is 14.0. The molecule has 0 saturated carbocycles. The van der Waals surface area contributed by atoms with Crippen molar-refractivity contribution in [1.29, 1.82) is 0 Å². The molecule has 0 aliphatic carbocycles. The van der Waals surface area contributed by atoms with Crippen LogP contribution in [0.1, 0.15) is 5.56 Å². The standard InChI is InChI=1S/C12H9ClF2N2O2/c1-19-10-6-17(12(13)16-11(10)18)5-7-2-8(14)4-9(15)3-7/h2-4,6H,5H2,1H3. The lowest BCUT2D eigenvalue weighted by molar-refractivity contribution is 0.402. The van der Waals surface area contributed by atoms with E-state index in [1.807, 2.05) is 0 Å². The second-order valence-corrected chi connectivity index (χ2v) is 4.13. The summed E-state index contributed by atoms with van der Waals surface area (Å²) in [5.74, 6) is -1.37. The molecule has 0 saturated heterocycles. The Balaban J connectivity index is 2.40. The third-order valence-corrected chi connectivity index (χ3v) is 2.71. The number of benzene rings is 1. The van der Waals surface area contributed by atoms with Crippen molar-refractivity contribution >= 4 is 11.6 Å². The van der Waals surface area contributed by atoms with Crippen molar-refractivity contribution in [1.82, 2.24) is 9.55 Å². The number of hydrogen-bond donors (Lipinski definition) is 0. The monoisotopic (exact) mass is 286 g/mol. The molecule has 4 nitrogen and oxygen atoms in total. The van der Waals surface area contributed by atoms with Gasteiger partial charge in [-0.15, -0.1) is 0 Å². The predicted octanol–water partition coefficient (Wildman–Crippen LogP) is 2.23. The molecule has 100 valence electrons. The number of hydrogen-bond acceptors (Lipinski definition) is 3. The van der Waals surface area contributed by atoms with Crippen LogP contribution in [0.2, 0.25) is 5.28 Å². The Hall–Kier alpha value is -1.95. The Labute approximate surface area is 112 Å². The van der Waals surface area contributed by atoms with Gasteiger partial charge in [-0.05, 0) is 29.3 Å². The zero-order valence-corrected chi connectivity index (χ0v) is 10.6. The summed E-state index contributed by atoms with van der Waals surface area (Å²) in [5.41, 5.74) is -0.249. The zero-order valence-electron chi connectivity index (χ0n) is 9.86. The maximum atomic E-state index is 13.1. The van der Waals surface area contributed by atoms with E-state index in [0.717, 1.165) is 6.07 Å². The molecule has 0 amide bonds. The van der Waals surface area contributed by atoms with Gasteiger partial charge in [-0.1, -0.05) is 0 Å². The van der Waals surface area contributed by atoms with Gasteiger partial charge in [0, 0.05) is 6.07 Å². The van der Waals surface area contributed by atoms with Crippen LogP contribution in [-0.2, 0) is 6.54 Å². The van der Waals surface area contributed by atoms with Crippen molar-refractivity contribution in [3.8, 4) is 5.75 Å². The first-order chi connectivity index (χ1) is 8.99. The van der Waals surface area contributed by atoms with E-state index >= 15 is 0 Å². The summed E-state index contributed by atoms with van der Waals surface area (Å²) in [6, 6.07) is 3.11. The van der Waals surface area contributed by atoms with E-state index in [2.05, 4.69) is 4.98 Å². The van der Waals surface area contributed by atoms with E-state index < -0.39 is 17.2 Å². The average Bonchev–Trinajstić information content (AvgIpc) is 2.31. The summed E-state index contributed by atoms with van der Waals surface area (Å²) >= 11 is 5.80. The summed E-state index contributed by atoms with van der Waals surface area (Å²) < 4.78 is 32.3. The number of aromatic nitrogens is 2. The van der Waals surface area contributed by atoms with Crippen LogP contribution in [0.5, 0.6) is 5.75 Å². The lowest BCUT2D eigenvalue weighted by Crippen LogP contribution is -2.15. The van der Waals surface area contributed by atoms with E-state index in [1.54, 1.807) is 0 Å². The van der Waals surface area contributed by atoms with Crippen LogP contribution in [0.25, 0.3) is 0 Å². The fourth-order valence-corrected chi connectivity index (χ4v) is 1.79. The number of ether oxygens (including phenoxy) is 1. The first-order valence-corrected chi connectivity index (χ1v) is 5.63. The van der Waals surface area contributed by atoms with Crippen molar-refractivity contribution in [3.63, 3.8) is 0 Å². The van der Waals surface area contributed by atoms with E-state index in [0.29, 0.717) is 5.56 Å². The first-order valence-electron chi connectivity index (χ1n) is 5.25. The minimum absolute atomic E-state index is 0.00118. The molecule has 0 atom stereocenters. The summed E-state index contributed by atoms with van der Waals surface area (Å²) in [6.07, 6.45) is 1.33. The third kappa shape index (κ3) is 3.08. The highest BCUT2D eigenvalue weighted by Gasteiger charge is 2.08. The molecular weight excluding hydrogens is 278 g/mol. The van der Waals surface area contributed by atoms with Crippen LogP contribution >= 0.6 is 11.6 Å². The van der Waals surface area contributed by atoms with Gasteiger partial charge in [-0.2, -0.15) is 4.98 Å². The van der Waals surface area contributed by atoms with Crippen LogP contribution in [0.4, 0.5) is 8.78 Å². The fraction of sp³-hybridized carbons (Fsp3) is 0.167. The highest BCUT2D eigenvalue weighted by Crippen LogP contribution is 2.14. The molecule has 1 heterocycles. The van der Waals surface area contributed by atoms with Crippen molar-refractivity contribution in [2.75, 3.05) is 7.11 Å². The van der Waals surface area contributed by atoms with Gasteiger partial charge in [0.15, 0.2) is 0 Å². The fourth-order valence-electron chi connectivity index (χ4n) is 1.60. The number of rotatable bonds is 3. The highest BCUT2D eigenvalue weighted by atomic mass is 35.5. The Morgan fingerprint density at radius 1 is 1.32 bits per heavy atom. The normalized spacial score (nSPS) is 10.5. The van der Waals surface area contributed by atoms with Crippen molar-refractivity contribution in [2.24, 2.45) is 0 Å². The lowest BCUT2D eigenvalue weighted by Gasteiger charge is -2.10. The average molecular weight is 287 g/mol. The minimum atomic E-state index is -0.688. The topological polar surface area (TPSA) is 44.1 Å². The number of halogens is 3.